The van der Waals surface area contributed by atoms with Crippen LogP contribution in [0.5, 0.6) is 5.75 Å². The molecule has 0 radical (unpaired) electrons. The van der Waals surface area contributed by atoms with E-state index in [0.29, 0.717) is 5.69 Å². The first kappa shape index (κ1) is 15.7. The van der Waals surface area contributed by atoms with Gasteiger partial charge in [-0.1, -0.05) is 0 Å². The van der Waals surface area contributed by atoms with Gasteiger partial charge in [-0.15, -0.1) is 0 Å². The summed E-state index contributed by atoms with van der Waals surface area (Å²) >= 11 is 0. The SMILES string of the molecule is O=S(=O)(Nc1cccnc1C1CC1)c1ccc(OC(F)F)cc1. The first-order chi connectivity index (χ1) is 11.0. The van der Waals surface area contributed by atoms with Crippen LogP contribution < -0.4 is 9.46 Å². The summed E-state index contributed by atoms with van der Waals surface area (Å²) in [5.41, 5.74) is 1.18. The van der Waals surface area contributed by atoms with Crippen LogP contribution in [0.15, 0.2) is 47.5 Å². The summed E-state index contributed by atoms with van der Waals surface area (Å²) in [6.45, 7) is -2.95. The fraction of sp³-hybridized carbons (Fsp3) is 0.267. The van der Waals surface area contributed by atoms with Gasteiger partial charge in [0.2, 0.25) is 0 Å². The van der Waals surface area contributed by atoms with Gasteiger partial charge in [-0.3, -0.25) is 9.71 Å². The van der Waals surface area contributed by atoms with Gasteiger partial charge in [0.15, 0.2) is 0 Å². The zero-order valence-electron chi connectivity index (χ0n) is 11.9. The number of pyridine rings is 1. The number of alkyl halides is 2. The first-order valence-corrected chi connectivity index (χ1v) is 8.46. The van der Waals surface area contributed by atoms with Gasteiger partial charge in [0.1, 0.15) is 5.75 Å². The predicted molar refractivity (Wildman–Crippen MR) is 80.1 cm³/mol. The van der Waals surface area contributed by atoms with Crippen molar-refractivity contribution < 1.29 is 21.9 Å². The Morgan fingerprint density at radius 2 is 1.87 bits per heavy atom. The number of rotatable bonds is 6. The van der Waals surface area contributed by atoms with E-state index in [1.54, 1.807) is 18.3 Å². The van der Waals surface area contributed by atoms with Crippen molar-refractivity contribution in [3.63, 3.8) is 0 Å². The van der Waals surface area contributed by atoms with E-state index in [1.807, 2.05) is 0 Å². The molecule has 1 heterocycles. The van der Waals surface area contributed by atoms with Gasteiger partial charge >= 0.3 is 6.61 Å². The second-order valence-electron chi connectivity index (χ2n) is 5.17. The van der Waals surface area contributed by atoms with Crippen LogP contribution in [0.1, 0.15) is 24.5 Å². The van der Waals surface area contributed by atoms with E-state index in [9.17, 15) is 17.2 Å². The Morgan fingerprint density at radius 3 is 2.48 bits per heavy atom. The number of ether oxygens (including phenoxy) is 1. The number of hydrogen-bond donors (Lipinski definition) is 1. The molecule has 122 valence electrons. The summed E-state index contributed by atoms with van der Waals surface area (Å²) < 4.78 is 55.7. The van der Waals surface area contributed by atoms with Gasteiger partial charge in [0.05, 0.1) is 16.3 Å². The maximum atomic E-state index is 12.4. The number of nitrogens with one attached hydrogen (secondary N) is 1. The van der Waals surface area contributed by atoms with Crippen molar-refractivity contribution in [1.29, 1.82) is 0 Å². The molecule has 1 aliphatic carbocycles. The minimum absolute atomic E-state index is 0.0373. The molecular weight excluding hydrogens is 326 g/mol. The molecule has 0 bridgehead atoms. The van der Waals surface area contributed by atoms with Crippen LogP contribution in [0.2, 0.25) is 0 Å². The van der Waals surface area contributed by atoms with Crippen molar-refractivity contribution in [1.82, 2.24) is 4.98 Å². The summed E-state index contributed by atoms with van der Waals surface area (Å²) in [4.78, 5) is 4.20. The molecule has 8 heteroatoms. The number of anilines is 1. The minimum atomic E-state index is -3.82. The predicted octanol–water partition coefficient (Wildman–Crippen LogP) is 3.36. The Labute approximate surface area is 132 Å². The lowest BCUT2D eigenvalue weighted by Gasteiger charge is -2.12. The summed E-state index contributed by atoms with van der Waals surface area (Å²) in [5.74, 6) is 0.190. The van der Waals surface area contributed by atoms with Crippen LogP contribution in [0.3, 0.4) is 0 Å². The molecule has 1 aliphatic rings. The third-order valence-electron chi connectivity index (χ3n) is 3.41. The van der Waals surface area contributed by atoms with Crippen LogP contribution in [0.4, 0.5) is 14.5 Å². The highest BCUT2D eigenvalue weighted by Gasteiger charge is 2.28. The highest BCUT2D eigenvalue weighted by molar-refractivity contribution is 7.92. The van der Waals surface area contributed by atoms with Gasteiger partial charge in [-0.2, -0.15) is 8.78 Å². The number of halogens is 2. The van der Waals surface area contributed by atoms with E-state index in [2.05, 4.69) is 14.4 Å². The Bertz CT molecular complexity index is 791. The van der Waals surface area contributed by atoms with E-state index in [0.717, 1.165) is 18.5 Å². The van der Waals surface area contributed by atoms with E-state index >= 15 is 0 Å². The third kappa shape index (κ3) is 3.76. The Balaban J connectivity index is 1.82. The molecule has 3 rings (SSSR count). The Kier molecular flexibility index (Phi) is 4.16. The van der Waals surface area contributed by atoms with Gasteiger partial charge in [-0.25, -0.2) is 8.42 Å². The Hall–Kier alpha value is -2.22. The van der Waals surface area contributed by atoms with Crippen molar-refractivity contribution >= 4 is 15.7 Å². The summed E-state index contributed by atoms with van der Waals surface area (Å²) in [6, 6.07) is 8.12. The van der Waals surface area contributed by atoms with Gasteiger partial charge < -0.3 is 4.74 Å². The molecule has 1 aromatic carbocycles. The van der Waals surface area contributed by atoms with Crippen LogP contribution >= 0.6 is 0 Å². The third-order valence-corrected chi connectivity index (χ3v) is 4.79. The monoisotopic (exact) mass is 340 g/mol. The lowest BCUT2D eigenvalue weighted by Crippen LogP contribution is -2.14. The molecule has 1 saturated carbocycles. The van der Waals surface area contributed by atoms with Crippen molar-refractivity contribution in [2.45, 2.75) is 30.3 Å². The normalized spacial score (nSPS) is 14.7. The molecule has 0 aliphatic heterocycles. The van der Waals surface area contributed by atoms with E-state index < -0.39 is 16.6 Å². The van der Waals surface area contributed by atoms with Gasteiger partial charge in [0, 0.05) is 12.1 Å². The zero-order valence-corrected chi connectivity index (χ0v) is 12.8. The molecular formula is C15H14F2N2O3S. The van der Waals surface area contributed by atoms with Crippen molar-refractivity contribution in [2.75, 3.05) is 4.72 Å². The number of hydrogen-bond acceptors (Lipinski definition) is 4. The number of aromatic nitrogens is 1. The van der Waals surface area contributed by atoms with Crippen LogP contribution in [0.25, 0.3) is 0 Å². The first-order valence-electron chi connectivity index (χ1n) is 6.98. The van der Waals surface area contributed by atoms with Gasteiger partial charge in [0.25, 0.3) is 10.0 Å². The average Bonchev–Trinajstić information content (AvgIpc) is 3.32. The Morgan fingerprint density at radius 1 is 1.17 bits per heavy atom. The van der Waals surface area contributed by atoms with Crippen LogP contribution in [-0.2, 0) is 10.0 Å². The molecule has 1 N–H and O–H groups in total. The highest BCUT2D eigenvalue weighted by atomic mass is 32.2. The van der Waals surface area contributed by atoms with Crippen molar-refractivity contribution in [2.24, 2.45) is 0 Å². The molecule has 0 spiro atoms. The molecule has 0 amide bonds. The molecule has 1 fully saturated rings. The molecule has 0 unspecified atom stereocenters. The van der Waals surface area contributed by atoms with E-state index in [4.69, 9.17) is 0 Å². The molecule has 5 nitrogen and oxygen atoms in total. The van der Waals surface area contributed by atoms with Crippen molar-refractivity contribution in [3.8, 4) is 5.75 Å². The second kappa shape index (κ2) is 6.11. The average molecular weight is 340 g/mol. The standard InChI is InChI=1S/C15H14F2N2O3S/c16-15(17)22-11-5-7-12(8-6-11)23(20,21)19-13-2-1-9-18-14(13)10-3-4-10/h1-2,5-10,15,19H,3-4H2. The second-order valence-corrected chi connectivity index (χ2v) is 6.85. The summed E-state index contributed by atoms with van der Waals surface area (Å²) in [6.07, 6.45) is 3.61. The molecule has 2 aromatic rings. The largest absolute Gasteiger partial charge is 0.435 e. The smallest absolute Gasteiger partial charge is 0.387 e. The van der Waals surface area contributed by atoms with Crippen LogP contribution in [-0.4, -0.2) is 20.0 Å². The minimum Gasteiger partial charge on any atom is -0.435 e. The maximum absolute atomic E-state index is 12.4. The number of benzene rings is 1. The lowest BCUT2D eigenvalue weighted by atomic mass is 10.2. The fourth-order valence-electron chi connectivity index (χ4n) is 2.19. The van der Waals surface area contributed by atoms with Gasteiger partial charge in [-0.05, 0) is 49.2 Å². The molecule has 0 saturated heterocycles. The highest BCUT2D eigenvalue weighted by Crippen LogP contribution is 2.42. The molecule has 1 aromatic heterocycles. The van der Waals surface area contributed by atoms with E-state index in [1.165, 1.54) is 24.3 Å². The summed E-state index contributed by atoms with van der Waals surface area (Å²) in [7, 11) is -3.82. The number of nitrogens with zero attached hydrogens (tertiary/aromatic N) is 1. The topological polar surface area (TPSA) is 68.3 Å². The fourth-order valence-corrected chi connectivity index (χ4v) is 3.26. The molecule has 23 heavy (non-hydrogen) atoms. The lowest BCUT2D eigenvalue weighted by molar-refractivity contribution is -0.0498. The van der Waals surface area contributed by atoms with Crippen LogP contribution in [0, 0.1) is 0 Å². The summed E-state index contributed by atoms with van der Waals surface area (Å²) in [5, 5.41) is 0. The van der Waals surface area contributed by atoms with Crippen molar-refractivity contribution in [3.05, 3.63) is 48.3 Å². The maximum Gasteiger partial charge on any atom is 0.387 e. The van der Waals surface area contributed by atoms with E-state index in [-0.39, 0.29) is 16.6 Å². The quantitative estimate of drug-likeness (QED) is 0.875. The molecule has 0 atom stereocenters. The number of sulfonamides is 1. The zero-order chi connectivity index (χ0) is 16.4.